The SMILES string of the molecule is COc1cc(CNC(C)C)cc(OC)c1OCOCc1ccccc1. The van der Waals surface area contributed by atoms with Crippen molar-refractivity contribution in [2.45, 2.75) is 33.0 Å². The van der Waals surface area contributed by atoms with Gasteiger partial charge in [0.25, 0.3) is 0 Å². The van der Waals surface area contributed by atoms with Crippen molar-refractivity contribution in [3.8, 4) is 17.2 Å². The summed E-state index contributed by atoms with van der Waals surface area (Å²) in [4.78, 5) is 0. The molecule has 0 aliphatic carbocycles. The monoisotopic (exact) mass is 345 g/mol. The Hall–Kier alpha value is -2.24. The molecule has 0 spiro atoms. The van der Waals surface area contributed by atoms with Crippen LogP contribution in [0, 0.1) is 0 Å². The lowest BCUT2D eigenvalue weighted by Crippen LogP contribution is -2.21. The molecule has 2 rings (SSSR count). The smallest absolute Gasteiger partial charge is 0.206 e. The third-order valence-electron chi connectivity index (χ3n) is 3.63. The number of methoxy groups -OCH3 is 2. The minimum absolute atomic E-state index is 0.116. The minimum atomic E-state index is 0.116. The van der Waals surface area contributed by atoms with E-state index < -0.39 is 0 Å². The van der Waals surface area contributed by atoms with Crippen LogP contribution in [-0.2, 0) is 17.9 Å². The molecule has 0 heterocycles. The highest BCUT2D eigenvalue weighted by molar-refractivity contribution is 5.53. The molecule has 2 aromatic carbocycles. The van der Waals surface area contributed by atoms with Crippen LogP contribution in [0.15, 0.2) is 42.5 Å². The van der Waals surface area contributed by atoms with Crippen molar-refractivity contribution in [1.29, 1.82) is 0 Å². The highest BCUT2D eigenvalue weighted by Crippen LogP contribution is 2.38. The van der Waals surface area contributed by atoms with Crippen LogP contribution in [0.1, 0.15) is 25.0 Å². The van der Waals surface area contributed by atoms with Gasteiger partial charge in [0.2, 0.25) is 5.75 Å². The molecule has 0 fully saturated rings. The van der Waals surface area contributed by atoms with E-state index in [4.69, 9.17) is 18.9 Å². The molecule has 5 nitrogen and oxygen atoms in total. The lowest BCUT2D eigenvalue weighted by atomic mass is 10.1. The molecule has 0 radical (unpaired) electrons. The molecule has 0 unspecified atom stereocenters. The largest absolute Gasteiger partial charge is 0.493 e. The highest BCUT2D eigenvalue weighted by Gasteiger charge is 2.14. The van der Waals surface area contributed by atoms with Gasteiger partial charge in [-0.25, -0.2) is 0 Å². The molecule has 5 heteroatoms. The number of hydrogen-bond donors (Lipinski definition) is 1. The molecule has 0 aromatic heterocycles. The summed E-state index contributed by atoms with van der Waals surface area (Å²) in [6.45, 7) is 5.55. The van der Waals surface area contributed by atoms with Gasteiger partial charge in [0.1, 0.15) is 0 Å². The molecule has 0 aliphatic rings. The summed E-state index contributed by atoms with van der Waals surface area (Å²) in [7, 11) is 3.23. The Morgan fingerprint density at radius 1 is 0.920 bits per heavy atom. The Balaban J connectivity index is 2.00. The zero-order valence-electron chi connectivity index (χ0n) is 15.4. The fourth-order valence-electron chi connectivity index (χ4n) is 2.33. The molecular formula is C20H27NO4. The first-order chi connectivity index (χ1) is 12.1. The van der Waals surface area contributed by atoms with Gasteiger partial charge in [0.15, 0.2) is 18.3 Å². The number of nitrogens with one attached hydrogen (secondary N) is 1. The topological polar surface area (TPSA) is 49.0 Å². The van der Waals surface area contributed by atoms with Crippen LogP contribution in [0.5, 0.6) is 17.2 Å². The van der Waals surface area contributed by atoms with Gasteiger partial charge in [0.05, 0.1) is 20.8 Å². The molecule has 0 amide bonds. The van der Waals surface area contributed by atoms with E-state index >= 15 is 0 Å². The van der Waals surface area contributed by atoms with E-state index in [2.05, 4.69) is 19.2 Å². The normalized spacial score (nSPS) is 10.8. The number of rotatable bonds is 10. The van der Waals surface area contributed by atoms with Gasteiger partial charge in [-0.3, -0.25) is 0 Å². The summed E-state index contributed by atoms with van der Waals surface area (Å²) >= 11 is 0. The van der Waals surface area contributed by atoms with Gasteiger partial charge in [-0.1, -0.05) is 44.2 Å². The second-order valence-electron chi connectivity index (χ2n) is 5.96. The van der Waals surface area contributed by atoms with Crippen LogP contribution in [-0.4, -0.2) is 27.1 Å². The maximum atomic E-state index is 5.76. The minimum Gasteiger partial charge on any atom is -0.493 e. The van der Waals surface area contributed by atoms with Crippen LogP contribution in [0.2, 0.25) is 0 Å². The maximum Gasteiger partial charge on any atom is 0.206 e. The predicted molar refractivity (Wildman–Crippen MR) is 98.2 cm³/mol. The van der Waals surface area contributed by atoms with E-state index in [0.717, 1.165) is 17.7 Å². The van der Waals surface area contributed by atoms with Gasteiger partial charge in [0, 0.05) is 12.6 Å². The number of benzene rings is 2. The molecule has 0 saturated carbocycles. The first-order valence-electron chi connectivity index (χ1n) is 8.36. The average Bonchev–Trinajstić information content (AvgIpc) is 2.64. The van der Waals surface area contributed by atoms with Crippen molar-refractivity contribution in [2.75, 3.05) is 21.0 Å². The third kappa shape index (κ3) is 5.96. The van der Waals surface area contributed by atoms with Crippen molar-refractivity contribution in [3.63, 3.8) is 0 Å². The molecule has 0 saturated heterocycles. The van der Waals surface area contributed by atoms with Crippen molar-refractivity contribution in [3.05, 3.63) is 53.6 Å². The maximum absolute atomic E-state index is 5.76. The molecule has 0 aliphatic heterocycles. The summed E-state index contributed by atoms with van der Waals surface area (Å²) in [5.41, 5.74) is 2.17. The summed E-state index contributed by atoms with van der Waals surface area (Å²) in [6.07, 6.45) is 0. The lowest BCUT2D eigenvalue weighted by Gasteiger charge is -2.17. The molecule has 25 heavy (non-hydrogen) atoms. The Labute approximate surface area is 149 Å². The summed E-state index contributed by atoms with van der Waals surface area (Å²) in [6, 6.07) is 14.3. The molecule has 1 N–H and O–H groups in total. The lowest BCUT2D eigenvalue weighted by molar-refractivity contribution is 0.00240. The molecule has 2 aromatic rings. The van der Waals surface area contributed by atoms with Gasteiger partial charge >= 0.3 is 0 Å². The van der Waals surface area contributed by atoms with Crippen LogP contribution in [0.3, 0.4) is 0 Å². The Morgan fingerprint density at radius 3 is 2.12 bits per heavy atom. The number of hydrogen-bond acceptors (Lipinski definition) is 5. The fraction of sp³-hybridized carbons (Fsp3) is 0.400. The van der Waals surface area contributed by atoms with Crippen LogP contribution in [0.25, 0.3) is 0 Å². The predicted octanol–water partition coefficient (Wildman–Crippen LogP) is 3.75. The Bertz CT molecular complexity index is 618. The zero-order chi connectivity index (χ0) is 18.1. The molecule has 0 atom stereocenters. The van der Waals surface area contributed by atoms with Gasteiger partial charge < -0.3 is 24.3 Å². The summed E-state index contributed by atoms with van der Waals surface area (Å²) in [5, 5.41) is 3.38. The molecular weight excluding hydrogens is 318 g/mol. The average molecular weight is 345 g/mol. The van der Waals surface area contributed by atoms with Crippen molar-refractivity contribution in [1.82, 2.24) is 5.32 Å². The highest BCUT2D eigenvalue weighted by atomic mass is 16.7. The molecule has 0 bridgehead atoms. The van der Waals surface area contributed by atoms with E-state index in [-0.39, 0.29) is 6.79 Å². The van der Waals surface area contributed by atoms with Gasteiger partial charge in [-0.2, -0.15) is 0 Å². The van der Waals surface area contributed by atoms with Crippen molar-refractivity contribution < 1.29 is 18.9 Å². The Morgan fingerprint density at radius 2 is 1.56 bits per heavy atom. The summed E-state index contributed by atoms with van der Waals surface area (Å²) in [5.74, 6) is 1.80. The quantitative estimate of drug-likeness (QED) is 0.525. The molecule has 136 valence electrons. The Kier molecular flexibility index (Phi) is 7.57. The van der Waals surface area contributed by atoms with Crippen molar-refractivity contribution >= 4 is 0 Å². The second kappa shape index (κ2) is 9.91. The van der Waals surface area contributed by atoms with Crippen molar-refractivity contribution in [2.24, 2.45) is 0 Å². The van der Waals surface area contributed by atoms with E-state index in [9.17, 15) is 0 Å². The number of ether oxygens (including phenoxy) is 4. The first kappa shape index (κ1) is 19.1. The van der Waals surface area contributed by atoms with Crippen LogP contribution >= 0.6 is 0 Å². The van der Waals surface area contributed by atoms with E-state index in [1.165, 1.54) is 0 Å². The van der Waals surface area contributed by atoms with E-state index in [0.29, 0.717) is 29.9 Å². The first-order valence-corrected chi connectivity index (χ1v) is 8.36. The van der Waals surface area contributed by atoms with Crippen LogP contribution < -0.4 is 19.5 Å². The third-order valence-corrected chi connectivity index (χ3v) is 3.63. The summed E-state index contributed by atoms with van der Waals surface area (Å²) < 4.78 is 22.3. The standard InChI is InChI=1S/C20H27NO4/c1-15(2)21-12-17-10-18(22-3)20(19(11-17)23-4)25-14-24-13-16-8-6-5-7-9-16/h5-11,15,21H,12-14H2,1-4H3. The zero-order valence-corrected chi connectivity index (χ0v) is 15.4. The van der Waals surface area contributed by atoms with Gasteiger partial charge in [-0.05, 0) is 23.3 Å². The van der Waals surface area contributed by atoms with E-state index in [1.807, 2.05) is 42.5 Å². The van der Waals surface area contributed by atoms with Crippen LogP contribution in [0.4, 0.5) is 0 Å². The van der Waals surface area contributed by atoms with Gasteiger partial charge in [-0.15, -0.1) is 0 Å². The van der Waals surface area contributed by atoms with E-state index in [1.54, 1.807) is 14.2 Å². The fourth-order valence-corrected chi connectivity index (χ4v) is 2.33. The second-order valence-corrected chi connectivity index (χ2v) is 5.96.